The Kier molecular flexibility index (Phi) is 6.31. The van der Waals surface area contributed by atoms with Gasteiger partial charge in [0.15, 0.2) is 11.6 Å². The van der Waals surface area contributed by atoms with Gasteiger partial charge in [-0.05, 0) is 24.1 Å². The summed E-state index contributed by atoms with van der Waals surface area (Å²) >= 11 is 0. The zero-order valence-corrected chi connectivity index (χ0v) is 13.0. The Morgan fingerprint density at radius 1 is 1.17 bits per heavy atom. The minimum absolute atomic E-state index is 0.00153. The number of nitrogen functional groups attached to an aromatic ring is 1. The van der Waals surface area contributed by atoms with Crippen LogP contribution in [0.2, 0.25) is 0 Å². The first-order valence-electron chi connectivity index (χ1n) is 7.42. The highest BCUT2D eigenvalue weighted by Gasteiger charge is 2.08. The van der Waals surface area contributed by atoms with Crippen molar-refractivity contribution in [2.24, 2.45) is 0 Å². The van der Waals surface area contributed by atoms with Gasteiger partial charge in [0.25, 0.3) is 0 Å². The van der Waals surface area contributed by atoms with Crippen LogP contribution in [0, 0.1) is 11.6 Å². The number of hydrogen-bond acceptors (Lipinski definition) is 3. The molecule has 0 aliphatic carbocycles. The van der Waals surface area contributed by atoms with Crippen molar-refractivity contribution >= 4 is 17.9 Å². The maximum Gasteiger partial charge on any atom is 0.407 e. The minimum Gasteiger partial charge on any atom is -0.445 e. The van der Waals surface area contributed by atoms with Crippen LogP contribution < -0.4 is 11.1 Å². The zero-order chi connectivity index (χ0) is 17.4. The molecule has 0 unspecified atom stereocenters. The highest BCUT2D eigenvalue weighted by atomic mass is 19.2. The normalized spacial score (nSPS) is 10.8. The van der Waals surface area contributed by atoms with Gasteiger partial charge in [0.05, 0.1) is 0 Å². The number of ether oxygens (including phenoxy) is 1. The molecular formula is C18H18F2N2O2. The van der Waals surface area contributed by atoms with Gasteiger partial charge in [-0.2, -0.15) is 0 Å². The molecule has 2 rings (SSSR count). The summed E-state index contributed by atoms with van der Waals surface area (Å²) in [6, 6.07) is 11.6. The molecule has 2 aromatic rings. The van der Waals surface area contributed by atoms with Gasteiger partial charge >= 0.3 is 6.09 Å². The number of benzene rings is 2. The van der Waals surface area contributed by atoms with E-state index in [0.29, 0.717) is 13.0 Å². The molecule has 0 aromatic heterocycles. The number of nitrogens with one attached hydrogen (secondary N) is 1. The lowest BCUT2D eigenvalue weighted by molar-refractivity contribution is 0.140. The first kappa shape index (κ1) is 17.5. The zero-order valence-electron chi connectivity index (χ0n) is 13.0. The number of alkyl carbamates (subject to hydrolysis) is 1. The van der Waals surface area contributed by atoms with Crippen LogP contribution in [0.5, 0.6) is 0 Å². The maximum absolute atomic E-state index is 13.6. The highest BCUT2D eigenvalue weighted by Crippen LogP contribution is 2.20. The first-order valence-corrected chi connectivity index (χ1v) is 7.42. The Balaban J connectivity index is 1.73. The molecule has 0 saturated heterocycles. The van der Waals surface area contributed by atoms with E-state index in [1.807, 2.05) is 30.3 Å². The fourth-order valence-corrected chi connectivity index (χ4v) is 1.98. The van der Waals surface area contributed by atoms with Crippen LogP contribution in [0.15, 0.2) is 48.5 Å². The number of rotatable bonds is 6. The van der Waals surface area contributed by atoms with Crippen LogP contribution in [-0.4, -0.2) is 12.6 Å². The Morgan fingerprint density at radius 3 is 2.67 bits per heavy atom. The van der Waals surface area contributed by atoms with Gasteiger partial charge in [0.1, 0.15) is 6.61 Å². The molecule has 0 fully saturated rings. The first-order chi connectivity index (χ1) is 11.6. The van der Waals surface area contributed by atoms with E-state index < -0.39 is 17.7 Å². The summed E-state index contributed by atoms with van der Waals surface area (Å²) in [4.78, 5) is 11.5. The lowest BCUT2D eigenvalue weighted by atomic mass is 10.1. The van der Waals surface area contributed by atoms with Gasteiger partial charge in [-0.15, -0.1) is 0 Å². The fraction of sp³-hybridized carbons (Fsp3) is 0.167. The molecule has 4 nitrogen and oxygen atoms in total. The van der Waals surface area contributed by atoms with Crippen molar-refractivity contribution in [3.63, 3.8) is 0 Å². The molecule has 3 N–H and O–H groups in total. The summed E-state index contributed by atoms with van der Waals surface area (Å²) in [5.41, 5.74) is 6.65. The Labute approximate surface area is 138 Å². The number of carbonyl (C=O) groups is 1. The Morgan fingerprint density at radius 2 is 1.92 bits per heavy atom. The van der Waals surface area contributed by atoms with E-state index in [9.17, 15) is 13.6 Å². The molecule has 0 atom stereocenters. The fourth-order valence-electron chi connectivity index (χ4n) is 1.98. The van der Waals surface area contributed by atoms with Crippen LogP contribution >= 0.6 is 0 Å². The van der Waals surface area contributed by atoms with Crippen LogP contribution in [0.4, 0.5) is 19.3 Å². The van der Waals surface area contributed by atoms with Crippen LogP contribution in [-0.2, 0) is 11.3 Å². The summed E-state index contributed by atoms with van der Waals surface area (Å²) in [5, 5.41) is 2.57. The second kappa shape index (κ2) is 8.67. The summed E-state index contributed by atoms with van der Waals surface area (Å²) in [6.07, 6.45) is 2.88. The van der Waals surface area contributed by atoms with Gasteiger partial charge in [-0.25, -0.2) is 13.6 Å². The second-order valence-electron chi connectivity index (χ2n) is 5.04. The smallest absolute Gasteiger partial charge is 0.407 e. The SMILES string of the molecule is Nc1ccc(F)c(F)c1C=CCCNC(=O)OCc1ccccc1. The predicted octanol–water partition coefficient (Wildman–Crippen LogP) is 3.88. The lowest BCUT2D eigenvalue weighted by Gasteiger charge is -2.06. The van der Waals surface area contributed by atoms with E-state index in [1.165, 1.54) is 12.1 Å². The van der Waals surface area contributed by atoms with Crippen molar-refractivity contribution < 1.29 is 18.3 Å². The van der Waals surface area contributed by atoms with Crippen molar-refractivity contribution in [1.29, 1.82) is 0 Å². The highest BCUT2D eigenvalue weighted by molar-refractivity contribution is 5.67. The standard InChI is InChI=1S/C18H18F2N2O2/c19-15-9-10-16(21)14(17(15)20)8-4-5-11-22-18(23)24-12-13-6-2-1-3-7-13/h1-4,6-10H,5,11-12,21H2,(H,22,23). The van der Waals surface area contributed by atoms with E-state index in [2.05, 4.69) is 5.32 Å². The van der Waals surface area contributed by atoms with Crippen LogP contribution in [0.1, 0.15) is 17.5 Å². The summed E-state index contributed by atoms with van der Waals surface area (Å²) in [7, 11) is 0. The van der Waals surface area contributed by atoms with Gasteiger partial charge in [-0.3, -0.25) is 0 Å². The number of halogens is 2. The van der Waals surface area contributed by atoms with E-state index in [4.69, 9.17) is 10.5 Å². The van der Waals surface area contributed by atoms with Gasteiger partial charge in [0, 0.05) is 17.8 Å². The third-order valence-electron chi connectivity index (χ3n) is 3.24. The molecule has 0 heterocycles. The molecule has 0 spiro atoms. The third-order valence-corrected chi connectivity index (χ3v) is 3.24. The van der Waals surface area contributed by atoms with Crippen molar-refractivity contribution in [2.75, 3.05) is 12.3 Å². The summed E-state index contributed by atoms with van der Waals surface area (Å²) < 4.78 is 31.7. The van der Waals surface area contributed by atoms with E-state index in [1.54, 1.807) is 6.08 Å². The van der Waals surface area contributed by atoms with E-state index >= 15 is 0 Å². The molecule has 0 radical (unpaired) electrons. The molecule has 1 amide bonds. The van der Waals surface area contributed by atoms with Crippen LogP contribution in [0.25, 0.3) is 6.08 Å². The molecule has 24 heavy (non-hydrogen) atoms. The van der Waals surface area contributed by atoms with Gasteiger partial charge in [0.2, 0.25) is 0 Å². The average molecular weight is 332 g/mol. The Bertz CT molecular complexity index is 718. The topological polar surface area (TPSA) is 64.3 Å². The molecule has 0 aliphatic heterocycles. The second-order valence-corrected chi connectivity index (χ2v) is 5.04. The van der Waals surface area contributed by atoms with Gasteiger partial charge in [-0.1, -0.05) is 42.5 Å². The van der Waals surface area contributed by atoms with Crippen molar-refractivity contribution in [1.82, 2.24) is 5.32 Å². The number of hydrogen-bond donors (Lipinski definition) is 2. The largest absolute Gasteiger partial charge is 0.445 e. The summed E-state index contributed by atoms with van der Waals surface area (Å²) in [5.74, 6) is -1.94. The number of amides is 1. The van der Waals surface area contributed by atoms with E-state index in [0.717, 1.165) is 11.6 Å². The quantitative estimate of drug-likeness (QED) is 0.623. The monoisotopic (exact) mass is 332 g/mol. The molecule has 126 valence electrons. The molecule has 2 aromatic carbocycles. The molecule has 6 heteroatoms. The average Bonchev–Trinajstić information content (AvgIpc) is 2.60. The summed E-state index contributed by atoms with van der Waals surface area (Å²) in [6.45, 7) is 0.495. The van der Waals surface area contributed by atoms with Crippen LogP contribution in [0.3, 0.4) is 0 Å². The number of anilines is 1. The molecule has 0 saturated carbocycles. The lowest BCUT2D eigenvalue weighted by Crippen LogP contribution is -2.24. The predicted molar refractivity (Wildman–Crippen MR) is 89.1 cm³/mol. The third kappa shape index (κ3) is 5.08. The van der Waals surface area contributed by atoms with Crippen molar-refractivity contribution in [2.45, 2.75) is 13.0 Å². The van der Waals surface area contributed by atoms with E-state index in [-0.39, 0.29) is 17.9 Å². The van der Waals surface area contributed by atoms with Crippen molar-refractivity contribution in [3.05, 3.63) is 71.3 Å². The molecule has 0 aliphatic rings. The van der Waals surface area contributed by atoms with Gasteiger partial charge < -0.3 is 15.8 Å². The van der Waals surface area contributed by atoms with Crippen molar-refractivity contribution in [3.8, 4) is 0 Å². The maximum atomic E-state index is 13.6. The minimum atomic E-state index is -0.985. The number of carbonyl (C=O) groups excluding carboxylic acids is 1. The number of nitrogens with two attached hydrogens (primary N) is 1. The molecular weight excluding hydrogens is 314 g/mol. The Hall–Kier alpha value is -2.89. The molecule has 0 bridgehead atoms.